The van der Waals surface area contributed by atoms with E-state index in [1.807, 2.05) is 19.2 Å². The third-order valence-corrected chi connectivity index (χ3v) is 2.33. The topological polar surface area (TPSA) is 39.1 Å². The smallest absolute Gasteiger partial charge is 0.250 e. The molecule has 0 N–H and O–H groups in total. The molecule has 0 amide bonds. The van der Waals surface area contributed by atoms with Crippen LogP contribution in [-0.2, 0) is 11.3 Å². The average Bonchev–Trinajstić information content (AvgIpc) is 2.14. The van der Waals surface area contributed by atoms with Crippen molar-refractivity contribution in [1.29, 1.82) is 0 Å². The number of nitrogens with zero attached hydrogens (tertiary/aromatic N) is 1. The highest BCUT2D eigenvalue weighted by molar-refractivity contribution is 5.75. The van der Waals surface area contributed by atoms with Gasteiger partial charge in [0.05, 0.1) is 0 Å². The summed E-state index contributed by atoms with van der Waals surface area (Å²) in [5.41, 5.74) is 1.03. The molecule has 82 valence electrons. The zero-order chi connectivity index (χ0) is 11.3. The Kier molecular flexibility index (Phi) is 4.28. The van der Waals surface area contributed by atoms with Crippen molar-refractivity contribution in [3.05, 3.63) is 34.2 Å². The summed E-state index contributed by atoms with van der Waals surface area (Å²) in [4.78, 5) is 22.2. The van der Waals surface area contributed by atoms with Crippen molar-refractivity contribution in [3.8, 4) is 0 Å². The molecule has 0 radical (unpaired) electrons. The molecule has 0 saturated heterocycles. The van der Waals surface area contributed by atoms with Crippen molar-refractivity contribution in [2.75, 3.05) is 0 Å². The number of carbonyl (C=O) groups is 1. The third kappa shape index (κ3) is 4.11. The van der Waals surface area contributed by atoms with E-state index in [1.54, 1.807) is 17.6 Å². The first-order chi connectivity index (χ1) is 7.09. The van der Waals surface area contributed by atoms with Crippen LogP contribution in [-0.4, -0.2) is 10.4 Å². The summed E-state index contributed by atoms with van der Waals surface area (Å²) < 4.78 is 1.69. The van der Waals surface area contributed by atoms with E-state index in [0.717, 1.165) is 18.4 Å². The Labute approximate surface area is 89.7 Å². The van der Waals surface area contributed by atoms with Crippen LogP contribution in [0.15, 0.2) is 23.1 Å². The average molecular weight is 207 g/mol. The first-order valence-electron chi connectivity index (χ1n) is 5.26. The van der Waals surface area contributed by atoms with Gasteiger partial charge in [-0.05, 0) is 38.3 Å². The minimum Gasteiger partial charge on any atom is -0.316 e. The van der Waals surface area contributed by atoms with Crippen LogP contribution in [0.1, 0.15) is 31.7 Å². The zero-order valence-corrected chi connectivity index (χ0v) is 9.32. The lowest BCUT2D eigenvalue weighted by atomic mass is 10.2. The maximum absolute atomic E-state index is 11.5. The summed E-state index contributed by atoms with van der Waals surface area (Å²) in [6.07, 6.45) is 4.16. The van der Waals surface area contributed by atoms with Crippen LogP contribution in [0.3, 0.4) is 0 Å². The Hall–Kier alpha value is -1.38. The lowest BCUT2D eigenvalue weighted by Gasteiger charge is -2.04. The molecule has 0 aliphatic rings. The highest BCUT2D eigenvalue weighted by Crippen LogP contribution is 1.99. The molecule has 1 heterocycles. The lowest BCUT2D eigenvalue weighted by molar-refractivity contribution is -0.117. The van der Waals surface area contributed by atoms with E-state index >= 15 is 0 Å². The van der Waals surface area contributed by atoms with Crippen LogP contribution in [0.2, 0.25) is 0 Å². The van der Waals surface area contributed by atoms with E-state index in [1.165, 1.54) is 0 Å². The molecule has 0 saturated carbocycles. The molecule has 1 aromatic rings. The second-order valence-electron chi connectivity index (χ2n) is 3.89. The van der Waals surface area contributed by atoms with Gasteiger partial charge in [0, 0.05) is 25.2 Å². The summed E-state index contributed by atoms with van der Waals surface area (Å²) >= 11 is 0. The maximum Gasteiger partial charge on any atom is 0.250 e. The van der Waals surface area contributed by atoms with E-state index in [0.29, 0.717) is 13.0 Å². The molecule has 0 aliphatic heterocycles. The Morgan fingerprint density at radius 3 is 2.73 bits per heavy atom. The number of hydrogen-bond donors (Lipinski definition) is 0. The van der Waals surface area contributed by atoms with Crippen molar-refractivity contribution >= 4 is 5.78 Å². The number of ketones is 1. The Bertz CT molecular complexity index is 393. The van der Waals surface area contributed by atoms with Crippen molar-refractivity contribution in [2.24, 2.45) is 0 Å². The van der Waals surface area contributed by atoms with Crippen LogP contribution in [0.4, 0.5) is 0 Å². The molecule has 15 heavy (non-hydrogen) atoms. The van der Waals surface area contributed by atoms with Gasteiger partial charge in [-0.15, -0.1) is 0 Å². The fourth-order valence-corrected chi connectivity index (χ4v) is 1.45. The molecule has 0 spiro atoms. The minimum absolute atomic E-state index is 0.0397. The first kappa shape index (κ1) is 11.7. The van der Waals surface area contributed by atoms with E-state index < -0.39 is 0 Å². The summed E-state index contributed by atoms with van der Waals surface area (Å²) in [6.45, 7) is 4.20. The van der Waals surface area contributed by atoms with Crippen LogP contribution >= 0.6 is 0 Å². The number of aromatic nitrogens is 1. The summed E-state index contributed by atoms with van der Waals surface area (Å²) in [5, 5.41) is 0. The number of unbranched alkanes of at least 4 members (excludes halogenated alkanes) is 1. The molecule has 1 aromatic heterocycles. The second-order valence-corrected chi connectivity index (χ2v) is 3.89. The number of Topliss-reactive ketones (excluding diaryl/α,β-unsaturated/α-hetero) is 1. The van der Waals surface area contributed by atoms with Gasteiger partial charge in [0.1, 0.15) is 5.78 Å². The number of rotatable bonds is 5. The number of hydrogen-bond acceptors (Lipinski definition) is 2. The molecule has 1 rings (SSSR count). The van der Waals surface area contributed by atoms with Crippen molar-refractivity contribution in [3.63, 3.8) is 0 Å². The fourth-order valence-electron chi connectivity index (χ4n) is 1.45. The van der Waals surface area contributed by atoms with E-state index in [9.17, 15) is 9.59 Å². The molecule has 0 aliphatic carbocycles. The minimum atomic E-state index is 0.0397. The van der Waals surface area contributed by atoms with E-state index in [2.05, 4.69) is 0 Å². The maximum atomic E-state index is 11.5. The highest BCUT2D eigenvalue weighted by atomic mass is 16.1. The number of pyridine rings is 1. The highest BCUT2D eigenvalue weighted by Gasteiger charge is 1.97. The molecule has 3 heteroatoms. The standard InChI is InChI=1S/C12H17NO2/c1-10-6-8-13(12(15)9-10)7-4-3-5-11(2)14/h6,8-9H,3-5,7H2,1-2H3. The molecule has 0 bridgehead atoms. The molecule has 0 unspecified atom stereocenters. The Balaban J connectivity index is 2.44. The van der Waals surface area contributed by atoms with Crippen molar-refractivity contribution in [1.82, 2.24) is 4.57 Å². The quantitative estimate of drug-likeness (QED) is 0.692. The van der Waals surface area contributed by atoms with Crippen molar-refractivity contribution in [2.45, 2.75) is 39.7 Å². The van der Waals surface area contributed by atoms with Gasteiger partial charge in [0.15, 0.2) is 0 Å². The monoisotopic (exact) mass is 207 g/mol. The summed E-state index contributed by atoms with van der Waals surface area (Å²) in [6, 6.07) is 3.55. The normalized spacial score (nSPS) is 10.3. The van der Waals surface area contributed by atoms with Gasteiger partial charge in [-0.2, -0.15) is 0 Å². The predicted octanol–water partition coefficient (Wildman–Crippen LogP) is 1.92. The summed E-state index contributed by atoms with van der Waals surface area (Å²) in [5.74, 6) is 0.214. The summed E-state index contributed by atoms with van der Waals surface area (Å²) in [7, 11) is 0. The Morgan fingerprint density at radius 1 is 1.40 bits per heavy atom. The van der Waals surface area contributed by atoms with Crippen LogP contribution in [0, 0.1) is 6.92 Å². The van der Waals surface area contributed by atoms with Gasteiger partial charge >= 0.3 is 0 Å². The zero-order valence-electron chi connectivity index (χ0n) is 9.32. The van der Waals surface area contributed by atoms with Gasteiger partial charge in [0.25, 0.3) is 5.56 Å². The van der Waals surface area contributed by atoms with Gasteiger partial charge in [-0.3, -0.25) is 4.79 Å². The molecule has 0 atom stereocenters. The number of aryl methyl sites for hydroxylation is 2. The third-order valence-electron chi connectivity index (χ3n) is 2.33. The lowest BCUT2D eigenvalue weighted by Crippen LogP contribution is -2.18. The molecular weight excluding hydrogens is 190 g/mol. The first-order valence-corrected chi connectivity index (χ1v) is 5.26. The molecule has 3 nitrogen and oxygen atoms in total. The van der Waals surface area contributed by atoms with Gasteiger partial charge in [0.2, 0.25) is 0 Å². The van der Waals surface area contributed by atoms with Gasteiger partial charge in [-0.25, -0.2) is 0 Å². The molecule has 0 fully saturated rings. The van der Waals surface area contributed by atoms with Crippen LogP contribution in [0.5, 0.6) is 0 Å². The van der Waals surface area contributed by atoms with Crippen LogP contribution < -0.4 is 5.56 Å². The predicted molar refractivity (Wildman–Crippen MR) is 60.0 cm³/mol. The van der Waals surface area contributed by atoms with E-state index in [-0.39, 0.29) is 11.3 Å². The number of carbonyl (C=O) groups excluding carboxylic acids is 1. The van der Waals surface area contributed by atoms with Gasteiger partial charge < -0.3 is 9.36 Å². The fraction of sp³-hybridized carbons (Fsp3) is 0.500. The SMILES string of the molecule is CC(=O)CCCCn1ccc(C)cc1=O. The molecule has 0 aromatic carbocycles. The largest absolute Gasteiger partial charge is 0.316 e. The molecular formula is C12H17NO2. The van der Waals surface area contributed by atoms with Gasteiger partial charge in [-0.1, -0.05) is 0 Å². The van der Waals surface area contributed by atoms with E-state index in [4.69, 9.17) is 0 Å². The Morgan fingerprint density at radius 2 is 2.13 bits per heavy atom. The second kappa shape index (κ2) is 5.49. The van der Waals surface area contributed by atoms with Crippen molar-refractivity contribution < 1.29 is 4.79 Å². The van der Waals surface area contributed by atoms with Crippen LogP contribution in [0.25, 0.3) is 0 Å².